The molecule has 16 heavy (non-hydrogen) atoms. The van der Waals surface area contributed by atoms with Crippen LogP contribution in [0.3, 0.4) is 0 Å². The molecule has 2 unspecified atom stereocenters. The predicted octanol–water partition coefficient (Wildman–Crippen LogP) is 3.58. The van der Waals surface area contributed by atoms with Crippen molar-refractivity contribution in [2.75, 3.05) is 0 Å². The SMILES string of the molecule is CCC(N)C1CCC(C)(C)c2ccccc21. The Morgan fingerprint density at radius 1 is 1.38 bits per heavy atom. The fourth-order valence-electron chi connectivity index (χ4n) is 2.97. The van der Waals surface area contributed by atoms with E-state index in [4.69, 9.17) is 5.73 Å². The predicted molar refractivity (Wildman–Crippen MR) is 69.7 cm³/mol. The highest BCUT2D eigenvalue weighted by Gasteiger charge is 2.34. The number of hydrogen-bond donors (Lipinski definition) is 1. The molecule has 0 amide bonds. The lowest BCUT2D eigenvalue weighted by Crippen LogP contribution is -2.35. The lowest BCUT2D eigenvalue weighted by atomic mass is 9.67. The molecule has 0 bridgehead atoms. The first-order chi connectivity index (χ1) is 7.56. The molecule has 0 saturated heterocycles. The number of fused-ring (bicyclic) bond motifs is 1. The van der Waals surface area contributed by atoms with Crippen LogP contribution in [-0.4, -0.2) is 6.04 Å². The Balaban J connectivity index is 2.43. The van der Waals surface area contributed by atoms with Gasteiger partial charge in [-0.05, 0) is 41.7 Å². The van der Waals surface area contributed by atoms with Gasteiger partial charge in [-0.1, -0.05) is 45.0 Å². The van der Waals surface area contributed by atoms with Gasteiger partial charge in [-0.3, -0.25) is 0 Å². The van der Waals surface area contributed by atoms with Crippen molar-refractivity contribution in [1.29, 1.82) is 0 Å². The van der Waals surface area contributed by atoms with Crippen LogP contribution in [-0.2, 0) is 5.41 Å². The molecule has 1 aliphatic rings. The van der Waals surface area contributed by atoms with Crippen molar-refractivity contribution < 1.29 is 0 Å². The van der Waals surface area contributed by atoms with E-state index in [0.29, 0.717) is 17.4 Å². The van der Waals surface area contributed by atoms with E-state index in [-0.39, 0.29) is 0 Å². The van der Waals surface area contributed by atoms with Gasteiger partial charge in [-0.15, -0.1) is 0 Å². The summed E-state index contributed by atoms with van der Waals surface area (Å²) in [4.78, 5) is 0. The maximum Gasteiger partial charge on any atom is 0.0105 e. The van der Waals surface area contributed by atoms with Gasteiger partial charge < -0.3 is 5.73 Å². The van der Waals surface area contributed by atoms with Crippen LogP contribution in [0.4, 0.5) is 0 Å². The van der Waals surface area contributed by atoms with Crippen molar-refractivity contribution in [2.24, 2.45) is 5.73 Å². The molecular formula is C15H23N. The highest BCUT2D eigenvalue weighted by atomic mass is 14.7. The van der Waals surface area contributed by atoms with Gasteiger partial charge in [0.15, 0.2) is 0 Å². The summed E-state index contributed by atoms with van der Waals surface area (Å²) in [7, 11) is 0. The van der Waals surface area contributed by atoms with Crippen LogP contribution in [0.2, 0.25) is 0 Å². The van der Waals surface area contributed by atoms with Crippen molar-refractivity contribution in [1.82, 2.24) is 0 Å². The second kappa shape index (κ2) is 4.21. The Labute approximate surface area is 99.0 Å². The first kappa shape index (κ1) is 11.7. The van der Waals surface area contributed by atoms with Gasteiger partial charge in [0.2, 0.25) is 0 Å². The highest BCUT2D eigenvalue weighted by molar-refractivity contribution is 5.39. The average molecular weight is 217 g/mol. The molecule has 1 heteroatoms. The van der Waals surface area contributed by atoms with Crippen LogP contribution in [0, 0.1) is 0 Å². The molecule has 1 aromatic rings. The van der Waals surface area contributed by atoms with Gasteiger partial charge in [0.05, 0.1) is 0 Å². The van der Waals surface area contributed by atoms with E-state index >= 15 is 0 Å². The first-order valence-corrected chi connectivity index (χ1v) is 6.41. The Morgan fingerprint density at radius 2 is 2.06 bits per heavy atom. The fourth-order valence-corrected chi connectivity index (χ4v) is 2.97. The summed E-state index contributed by atoms with van der Waals surface area (Å²) in [6.45, 7) is 6.88. The third-order valence-electron chi connectivity index (χ3n) is 4.16. The molecule has 0 radical (unpaired) electrons. The molecule has 0 aromatic heterocycles. The summed E-state index contributed by atoms with van der Waals surface area (Å²) in [5, 5.41) is 0. The second-order valence-corrected chi connectivity index (χ2v) is 5.69. The smallest absolute Gasteiger partial charge is 0.0105 e. The van der Waals surface area contributed by atoms with Crippen LogP contribution < -0.4 is 5.73 Å². The van der Waals surface area contributed by atoms with Crippen LogP contribution in [0.1, 0.15) is 57.1 Å². The summed E-state index contributed by atoms with van der Waals surface area (Å²) >= 11 is 0. The van der Waals surface area contributed by atoms with Gasteiger partial charge >= 0.3 is 0 Å². The van der Waals surface area contributed by atoms with Crippen LogP contribution in [0.15, 0.2) is 24.3 Å². The summed E-state index contributed by atoms with van der Waals surface area (Å²) in [6, 6.07) is 9.17. The number of rotatable bonds is 2. The van der Waals surface area contributed by atoms with E-state index in [2.05, 4.69) is 45.0 Å². The zero-order valence-electron chi connectivity index (χ0n) is 10.7. The monoisotopic (exact) mass is 217 g/mol. The minimum Gasteiger partial charge on any atom is -0.327 e. The Bertz CT molecular complexity index is 367. The van der Waals surface area contributed by atoms with E-state index in [9.17, 15) is 0 Å². The van der Waals surface area contributed by atoms with Crippen molar-refractivity contribution in [3.63, 3.8) is 0 Å². The lowest BCUT2D eigenvalue weighted by molar-refractivity contribution is 0.358. The second-order valence-electron chi connectivity index (χ2n) is 5.69. The third-order valence-corrected chi connectivity index (χ3v) is 4.16. The van der Waals surface area contributed by atoms with E-state index < -0.39 is 0 Å². The third kappa shape index (κ3) is 1.89. The van der Waals surface area contributed by atoms with Gasteiger partial charge in [-0.2, -0.15) is 0 Å². The number of hydrogen-bond acceptors (Lipinski definition) is 1. The Morgan fingerprint density at radius 3 is 2.75 bits per heavy atom. The van der Waals surface area contributed by atoms with Crippen molar-refractivity contribution >= 4 is 0 Å². The quantitative estimate of drug-likeness (QED) is 0.805. The molecule has 0 aliphatic heterocycles. The molecule has 0 saturated carbocycles. The molecule has 1 aliphatic carbocycles. The molecule has 1 nitrogen and oxygen atoms in total. The fraction of sp³-hybridized carbons (Fsp3) is 0.600. The summed E-state index contributed by atoms with van der Waals surface area (Å²) < 4.78 is 0. The molecule has 1 aromatic carbocycles. The van der Waals surface area contributed by atoms with Crippen LogP contribution in [0.25, 0.3) is 0 Å². The standard InChI is InChI=1S/C15H23N/c1-4-14(16)12-9-10-15(2,3)13-8-6-5-7-11(12)13/h5-8,12,14H,4,9-10,16H2,1-3H3. The largest absolute Gasteiger partial charge is 0.327 e. The van der Waals surface area contributed by atoms with E-state index in [0.717, 1.165) is 6.42 Å². The van der Waals surface area contributed by atoms with Crippen LogP contribution in [0.5, 0.6) is 0 Å². The topological polar surface area (TPSA) is 26.0 Å². The molecule has 0 spiro atoms. The first-order valence-electron chi connectivity index (χ1n) is 6.41. The highest BCUT2D eigenvalue weighted by Crippen LogP contribution is 2.43. The molecule has 2 rings (SSSR count). The lowest BCUT2D eigenvalue weighted by Gasteiger charge is -2.39. The molecule has 0 fully saturated rings. The van der Waals surface area contributed by atoms with Crippen LogP contribution >= 0.6 is 0 Å². The minimum absolute atomic E-state index is 0.317. The summed E-state index contributed by atoms with van der Waals surface area (Å²) in [5.74, 6) is 0.564. The molecule has 2 atom stereocenters. The van der Waals surface area contributed by atoms with Gasteiger partial charge in [0, 0.05) is 6.04 Å². The average Bonchev–Trinajstić information content (AvgIpc) is 2.28. The summed E-state index contributed by atoms with van der Waals surface area (Å²) in [5.41, 5.74) is 9.57. The van der Waals surface area contributed by atoms with Crippen molar-refractivity contribution in [3.05, 3.63) is 35.4 Å². The molecule has 0 heterocycles. The molecule has 2 N–H and O–H groups in total. The maximum absolute atomic E-state index is 6.25. The molecule has 88 valence electrons. The van der Waals surface area contributed by atoms with Crippen molar-refractivity contribution in [2.45, 2.75) is 57.4 Å². The molecular weight excluding hydrogens is 194 g/mol. The zero-order valence-corrected chi connectivity index (χ0v) is 10.7. The van der Waals surface area contributed by atoms with Crippen molar-refractivity contribution in [3.8, 4) is 0 Å². The minimum atomic E-state index is 0.317. The number of benzene rings is 1. The Hall–Kier alpha value is -0.820. The van der Waals surface area contributed by atoms with E-state index in [1.54, 1.807) is 0 Å². The maximum atomic E-state index is 6.25. The number of nitrogens with two attached hydrogens (primary N) is 1. The van der Waals surface area contributed by atoms with Gasteiger partial charge in [-0.25, -0.2) is 0 Å². The van der Waals surface area contributed by atoms with E-state index in [1.165, 1.54) is 24.0 Å². The van der Waals surface area contributed by atoms with Gasteiger partial charge in [0.25, 0.3) is 0 Å². The normalized spacial score (nSPS) is 24.9. The summed E-state index contributed by atoms with van der Waals surface area (Å²) in [6.07, 6.45) is 3.56. The Kier molecular flexibility index (Phi) is 3.07. The zero-order chi connectivity index (χ0) is 11.8. The van der Waals surface area contributed by atoms with E-state index in [1.807, 2.05) is 0 Å². The van der Waals surface area contributed by atoms with Gasteiger partial charge in [0.1, 0.15) is 0 Å².